The molecule has 1 saturated heterocycles. The van der Waals surface area contributed by atoms with Crippen LogP contribution in [0.4, 0.5) is 10.1 Å². The second kappa shape index (κ2) is 7.15. The summed E-state index contributed by atoms with van der Waals surface area (Å²) < 4.78 is 24.5. The molecule has 0 amide bonds. The number of nitrogens with zero attached hydrogens (tertiary/aromatic N) is 2. The fraction of sp³-hybridized carbons (Fsp3) is 0.211. The first-order valence-corrected chi connectivity index (χ1v) is 10.4. The van der Waals surface area contributed by atoms with Crippen LogP contribution in [0.15, 0.2) is 54.7 Å². The summed E-state index contributed by atoms with van der Waals surface area (Å²) in [6.45, 7) is 1.70. The monoisotopic (exact) mass is 372 g/mol. The third-order valence-electron chi connectivity index (χ3n) is 4.29. The molecule has 25 heavy (non-hydrogen) atoms. The minimum atomic E-state index is -0.658. The van der Waals surface area contributed by atoms with Crippen LogP contribution >= 0.6 is 11.3 Å². The van der Waals surface area contributed by atoms with Gasteiger partial charge in [0, 0.05) is 17.4 Å². The van der Waals surface area contributed by atoms with Gasteiger partial charge in [0.05, 0.1) is 18.0 Å². The molecular weight excluding hydrogens is 355 g/mol. The summed E-state index contributed by atoms with van der Waals surface area (Å²) in [6.07, 6.45) is 1.86. The van der Waals surface area contributed by atoms with Gasteiger partial charge in [-0.3, -0.25) is 0 Å². The van der Waals surface area contributed by atoms with Gasteiger partial charge in [-0.25, -0.2) is 9.37 Å². The Morgan fingerprint density at radius 1 is 0.960 bits per heavy atom. The quantitative estimate of drug-likeness (QED) is 0.647. The first-order chi connectivity index (χ1) is 12.2. The van der Waals surface area contributed by atoms with E-state index >= 15 is 0 Å². The Labute approximate surface area is 153 Å². The van der Waals surface area contributed by atoms with Gasteiger partial charge in [-0.2, -0.15) is 0 Å². The molecule has 3 nitrogen and oxygen atoms in total. The van der Waals surface area contributed by atoms with E-state index in [-0.39, 0.29) is 5.82 Å². The highest BCUT2D eigenvalue weighted by Gasteiger charge is 2.19. The molecule has 0 saturated carbocycles. The summed E-state index contributed by atoms with van der Waals surface area (Å²) in [7, 11) is 0. The van der Waals surface area contributed by atoms with Crippen molar-refractivity contribution in [2.45, 2.75) is 0 Å². The second-order valence-corrected chi connectivity index (χ2v) is 8.65. The maximum atomic E-state index is 13.0. The lowest BCUT2D eigenvalue weighted by Gasteiger charge is -2.29. The van der Waals surface area contributed by atoms with Gasteiger partial charge in [0.2, 0.25) is 0 Å². The summed E-state index contributed by atoms with van der Waals surface area (Å²) >= 11 is 0.942. The number of anilines is 1. The SMILES string of the molecule is [O-][S+]1CCN(c2ccc(-c3cnc(-c4ccc(F)cc4)s3)cc2)CC1. The Morgan fingerprint density at radius 3 is 2.28 bits per heavy atom. The number of benzene rings is 2. The first-order valence-electron chi connectivity index (χ1n) is 8.11. The van der Waals surface area contributed by atoms with E-state index in [1.54, 1.807) is 23.5 Å². The summed E-state index contributed by atoms with van der Waals surface area (Å²) in [5, 5.41) is 0.887. The second-order valence-electron chi connectivity index (χ2n) is 5.92. The van der Waals surface area contributed by atoms with E-state index in [1.807, 2.05) is 6.20 Å². The van der Waals surface area contributed by atoms with E-state index in [9.17, 15) is 8.94 Å². The van der Waals surface area contributed by atoms with Crippen molar-refractivity contribution in [2.24, 2.45) is 0 Å². The predicted molar refractivity (Wildman–Crippen MR) is 103 cm³/mol. The third kappa shape index (κ3) is 3.71. The zero-order valence-corrected chi connectivity index (χ0v) is 15.2. The van der Waals surface area contributed by atoms with E-state index < -0.39 is 11.2 Å². The highest BCUT2D eigenvalue weighted by molar-refractivity contribution is 7.91. The highest BCUT2D eigenvalue weighted by atomic mass is 32.2. The zero-order valence-electron chi connectivity index (χ0n) is 13.5. The fourth-order valence-electron chi connectivity index (χ4n) is 2.87. The van der Waals surface area contributed by atoms with E-state index in [0.717, 1.165) is 45.6 Å². The molecule has 0 spiro atoms. The molecule has 0 radical (unpaired) electrons. The average Bonchev–Trinajstić information content (AvgIpc) is 3.13. The highest BCUT2D eigenvalue weighted by Crippen LogP contribution is 2.33. The van der Waals surface area contributed by atoms with Gasteiger partial charge in [0.25, 0.3) is 0 Å². The fourth-order valence-corrected chi connectivity index (χ4v) is 4.85. The maximum Gasteiger partial charge on any atom is 0.123 e. The van der Waals surface area contributed by atoms with Crippen molar-refractivity contribution < 1.29 is 8.94 Å². The van der Waals surface area contributed by atoms with Gasteiger partial charge in [-0.1, -0.05) is 23.3 Å². The van der Waals surface area contributed by atoms with Crippen LogP contribution in [0.1, 0.15) is 0 Å². The molecule has 0 unspecified atom stereocenters. The summed E-state index contributed by atoms with van der Waals surface area (Å²) in [6, 6.07) is 14.8. The number of halogens is 1. The van der Waals surface area contributed by atoms with Crippen molar-refractivity contribution in [3.05, 3.63) is 60.5 Å². The summed E-state index contributed by atoms with van der Waals surface area (Å²) in [5.41, 5.74) is 3.22. The lowest BCUT2D eigenvalue weighted by atomic mass is 10.1. The Balaban J connectivity index is 1.51. The Kier molecular flexibility index (Phi) is 4.74. The van der Waals surface area contributed by atoms with Crippen molar-refractivity contribution in [3.63, 3.8) is 0 Å². The standard InChI is InChI=1S/C19H17FN2OS2/c20-16-5-1-15(2-6-16)19-21-13-18(24-19)14-3-7-17(8-4-14)22-9-11-25(23)12-10-22/h1-8,13H,9-12H2. The Morgan fingerprint density at radius 2 is 1.60 bits per heavy atom. The predicted octanol–water partition coefficient (Wildman–Crippen LogP) is 4.18. The van der Waals surface area contributed by atoms with E-state index in [0.29, 0.717) is 0 Å². The van der Waals surface area contributed by atoms with E-state index in [4.69, 9.17) is 0 Å². The number of aromatic nitrogens is 1. The maximum absolute atomic E-state index is 13.0. The molecule has 1 aromatic heterocycles. The number of thiazole rings is 1. The first kappa shape index (κ1) is 16.6. The normalized spacial score (nSPS) is 15.5. The van der Waals surface area contributed by atoms with Crippen LogP contribution in [0.3, 0.4) is 0 Å². The zero-order chi connectivity index (χ0) is 17.2. The molecule has 4 rings (SSSR count). The summed E-state index contributed by atoms with van der Waals surface area (Å²) in [5.74, 6) is 1.26. The lowest BCUT2D eigenvalue weighted by Crippen LogP contribution is -2.40. The molecule has 2 heterocycles. The van der Waals surface area contributed by atoms with Crippen LogP contribution in [0.25, 0.3) is 21.0 Å². The Hall–Kier alpha value is -1.89. The molecule has 0 atom stereocenters. The van der Waals surface area contributed by atoms with Crippen molar-refractivity contribution in [1.82, 2.24) is 4.98 Å². The molecule has 1 fully saturated rings. The van der Waals surface area contributed by atoms with Gasteiger partial charge < -0.3 is 9.45 Å². The molecule has 1 aliphatic heterocycles. The molecule has 3 aromatic rings. The molecule has 128 valence electrons. The van der Waals surface area contributed by atoms with E-state index in [2.05, 4.69) is 34.1 Å². The summed E-state index contributed by atoms with van der Waals surface area (Å²) in [4.78, 5) is 7.83. The van der Waals surface area contributed by atoms with Crippen molar-refractivity contribution in [2.75, 3.05) is 29.5 Å². The molecule has 0 bridgehead atoms. The smallest absolute Gasteiger partial charge is 0.123 e. The van der Waals surface area contributed by atoms with Gasteiger partial charge in [-0.15, -0.1) is 11.3 Å². The number of hydrogen-bond acceptors (Lipinski definition) is 4. The molecule has 0 aliphatic carbocycles. The van der Waals surface area contributed by atoms with Gasteiger partial charge >= 0.3 is 0 Å². The number of rotatable bonds is 3. The minimum absolute atomic E-state index is 0.238. The minimum Gasteiger partial charge on any atom is -0.616 e. The number of hydrogen-bond donors (Lipinski definition) is 0. The lowest BCUT2D eigenvalue weighted by molar-refractivity contribution is 0.586. The van der Waals surface area contributed by atoms with Gasteiger partial charge in [0.1, 0.15) is 22.3 Å². The van der Waals surface area contributed by atoms with Crippen LogP contribution in [0, 0.1) is 5.82 Å². The molecule has 6 heteroatoms. The van der Waals surface area contributed by atoms with Crippen LogP contribution in [-0.4, -0.2) is 34.1 Å². The van der Waals surface area contributed by atoms with Crippen LogP contribution < -0.4 is 4.90 Å². The topological polar surface area (TPSA) is 39.2 Å². The molecule has 1 aliphatic rings. The molecule has 0 N–H and O–H groups in total. The molecule has 2 aromatic carbocycles. The van der Waals surface area contributed by atoms with Crippen LogP contribution in [0.5, 0.6) is 0 Å². The van der Waals surface area contributed by atoms with Crippen LogP contribution in [0.2, 0.25) is 0 Å². The van der Waals surface area contributed by atoms with Gasteiger partial charge in [-0.05, 0) is 42.0 Å². The largest absolute Gasteiger partial charge is 0.616 e. The van der Waals surface area contributed by atoms with Crippen molar-refractivity contribution >= 4 is 28.2 Å². The third-order valence-corrected chi connectivity index (χ3v) is 6.66. The van der Waals surface area contributed by atoms with E-state index in [1.165, 1.54) is 17.8 Å². The van der Waals surface area contributed by atoms with Gasteiger partial charge in [0.15, 0.2) is 0 Å². The average molecular weight is 372 g/mol. The van der Waals surface area contributed by atoms with Crippen LogP contribution in [-0.2, 0) is 11.2 Å². The Bertz CT molecular complexity index is 841. The van der Waals surface area contributed by atoms with Crippen molar-refractivity contribution in [1.29, 1.82) is 0 Å². The van der Waals surface area contributed by atoms with Crippen molar-refractivity contribution in [3.8, 4) is 21.0 Å². The molecular formula is C19H17FN2OS2.